The SMILES string of the molecule is C=CCOC(=O)OC(C)(C)N. The van der Waals surface area contributed by atoms with Crippen LogP contribution in [0.25, 0.3) is 0 Å². The second-order valence-electron chi connectivity index (χ2n) is 2.56. The van der Waals surface area contributed by atoms with Crippen molar-refractivity contribution in [1.82, 2.24) is 0 Å². The van der Waals surface area contributed by atoms with Crippen LogP contribution in [0.1, 0.15) is 13.8 Å². The maximum Gasteiger partial charge on any atom is 0.510 e. The van der Waals surface area contributed by atoms with Gasteiger partial charge in [0.2, 0.25) is 0 Å². The monoisotopic (exact) mass is 159 g/mol. The fraction of sp³-hybridized carbons (Fsp3) is 0.571. The van der Waals surface area contributed by atoms with Crippen LogP contribution in [-0.2, 0) is 9.47 Å². The number of hydrogen-bond acceptors (Lipinski definition) is 4. The zero-order chi connectivity index (χ0) is 8.91. The van der Waals surface area contributed by atoms with Gasteiger partial charge in [0.1, 0.15) is 6.61 Å². The summed E-state index contributed by atoms with van der Waals surface area (Å²) in [5, 5.41) is 0. The molecule has 0 aromatic rings. The van der Waals surface area contributed by atoms with Crippen LogP contribution < -0.4 is 5.73 Å². The Bertz CT molecular complexity index is 148. The van der Waals surface area contributed by atoms with Gasteiger partial charge < -0.3 is 9.47 Å². The van der Waals surface area contributed by atoms with Gasteiger partial charge in [-0.25, -0.2) is 4.79 Å². The van der Waals surface area contributed by atoms with Crippen molar-refractivity contribution in [2.75, 3.05) is 6.61 Å². The Balaban J connectivity index is 3.61. The van der Waals surface area contributed by atoms with Gasteiger partial charge in [0.25, 0.3) is 0 Å². The van der Waals surface area contributed by atoms with E-state index in [-0.39, 0.29) is 6.61 Å². The summed E-state index contributed by atoms with van der Waals surface area (Å²) in [6.45, 7) is 6.61. The Labute approximate surface area is 66.0 Å². The lowest BCUT2D eigenvalue weighted by Crippen LogP contribution is -2.37. The fourth-order valence-corrected chi connectivity index (χ4v) is 0.371. The van der Waals surface area contributed by atoms with Gasteiger partial charge in [-0.3, -0.25) is 5.73 Å². The molecule has 0 spiro atoms. The molecule has 11 heavy (non-hydrogen) atoms. The highest BCUT2D eigenvalue weighted by atomic mass is 16.7. The summed E-state index contributed by atoms with van der Waals surface area (Å²) in [4.78, 5) is 10.6. The molecule has 0 saturated carbocycles. The maximum absolute atomic E-state index is 10.6. The molecule has 0 bridgehead atoms. The van der Waals surface area contributed by atoms with Crippen molar-refractivity contribution in [3.8, 4) is 0 Å². The molecule has 0 radical (unpaired) electrons. The molecular weight excluding hydrogens is 146 g/mol. The normalized spacial score (nSPS) is 10.5. The van der Waals surface area contributed by atoms with Crippen LogP contribution in [0.5, 0.6) is 0 Å². The lowest BCUT2D eigenvalue weighted by Gasteiger charge is -2.18. The van der Waals surface area contributed by atoms with E-state index in [4.69, 9.17) is 5.73 Å². The van der Waals surface area contributed by atoms with Gasteiger partial charge in [-0.2, -0.15) is 0 Å². The molecule has 4 nitrogen and oxygen atoms in total. The zero-order valence-corrected chi connectivity index (χ0v) is 6.79. The van der Waals surface area contributed by atoms with Gasteiger partial charge in [0, 0.05) is 0 Å². The fourth-order valence-electron chi connectivity index (χ4n) is 0.371. The van der Waals surface area contributed by atoms with Crippen molar-refractivity contribution in [2.45, 2.75) is 19.6 Å². The molecule has 0 aliphatic carbocycles. The van der Waals surface area contributed by atoms with Crippen molar-refractivity contribution < 1.29 is 14.3 Å². The topological polar surface area (TPSA) is 61.5 Å². The van der Waals surface area contributed by atoms with Crippen molar-refractivity contribution >= 4 is 6.16 Å². The summed E-state index contributed by atoms with van der Waals surface area (Å²) >= 11 is 0. The Hall–Kier alpha value is -1.03. The minimum Gasteiger partial charge on any atom is -0.430 e. The first-order valence-corrected chi connectivity index (χ1v) is 3.21. The highest BCUT2D eigenvalue weighted by Gasteiger charge is 2.16. The maximum atomic E-state index is 10.6. The van der Waals surface area contributed by atoms with Crippen LogP contribution in [0.2, 0.25) is 0 Å². The third-order valence-corrected chi connectivity index (χ3v) is 0.665. The Kier molecular flexibility index (Phi) is 3.60. The molecule has 0 saturated heterocycles. The van der Waals surface area contributed by atoms with Gasteiger partial charge in [0.15, 0.2) is 5.72 Å². The van der Waals surface area contributed by atoms with Crippen LogP contribution in [0.3, 0.4) is 0 Å². The van der Waals surface area contributed by atoms with Crippen LogP contribution in [0, 0.1) is 0 Å². The quantitative estimate of drug-likeness (QED) is 0.379. The molecule has 0 aliphatic heterocycles. The average molecular weight is 159 g/mol. The number of hydrogen-bond donors (Lipinski definition) is 1. The number of ether oxygens (including phenoxy) is 2. The number of carbonyl (C=O) groups is 1. The van der Waals surface area contributed by atoms with E-state index in [1.54, 1.807) is 13.8 Å². The molecule has 0 aliphatic rings. The first-order chi connectivity index (χ1) is 4.95. The summed E-state index contributed by atoms with van der Waals surface area (Å²) in [5.41, 5.74) is 4.37. The molecule has 0 aromatic heterocycles. The Morgan fingerprint density at radius 3 is 2.64 bits per heavy atom. The molecule has 2 N–H and O–H groups in total. The number of rotatable bonds is 3. The third kappa shape index (κ3) is 6.86. The summed E-state index contributed by atoms with van der Waals surface area (Å²) < 4.78 is 9.12. The largest absolute Gasteiger partial charge is 0.510 e. The van der Waals surface area contributed by atoms with Crippen molar-refractivity contribution in [1.29, 1.82) is 0 Å². The molecule has 0 fully saturated rings. The van der Waals surface area contributed by atoms with Crippen LogP contribution >= 0.6 is 0 Å². The Morgan fingerprint density at radius 1 is 1.73 bits per heavy atom. The van der Waals surface area contributed by atoms with Crippen molar-refractivity contribution in [3.63, 3.8) is 0 Å². The molecule has 4 heteroatoms. The van der Waals surface area contributed by atoms with Gasteiger partial charge in [-0.1, -0.05) is 12.7 Å². The summed E-state index contributed by atoms with van der Waals surface area (Å²) in [7, 11) is 0. The summed E-state index contributed by atoms with van der Waals surface area (Å²) in [5.74, 6) is 0. The molecule has 64 valence electrons. The second kappa shape index (κ2) is 3.98. The van der Waals surface area contributed by atoms with Crippen LogP contribution in [0.15, 0.2) is 12.7 Å². The van der Waals surface area contributed by atoms with Gasteiger partial charge >= 0.3 is 6.16 Å². The summed E-state index contributed by atoms with van der Waals surface area (Å²) in [6.07, 6.45) is 0.669. The van der Waals surface area contributed by atoms with Crippen LogP contribution in [0.4, 0.5) is 4.79 Å². The first-order valence-electron chi connectivity index (χ1n) is 3.21. The number of carbonyl (C=O) groups excluding carboxylic acids is 1. The van der Waals surface area contributed by atoms with Crippen LogP contribution in [-0.4, -0.2) is 18.5 Å². The molecule has 0 unspecified atom stereocenters. The van der Waals surface area contributed by atoms with E-state index in [9.17, 15) is 4.79 Å². The van der Waals surface area contributed by atoms with E-state index < -0.39 is 11.9 Å². The van der Waals surface area contributed by atoms with E-state index in [1.165, 1.54) is 6.08 Å². The first kappa shape index (κ1) is 9.97. The van der Waals surface area contributed by atoms with E-state index in [0.29, 0.717) is 0 Å². The zero-order valence-electron chi connectivity index (χ0n) is 6.79. The number of nitrogens with two attached hydrogens (primary N) is 1. The summed E-state index contributed by atoms with van der Waals surface area (Å²) in [6, 6.07) is 0. The van der Waals surface area contributed by atoms with E-state index in [0.717, 1.165) is 0 Å². The lowest BCUT2D eigenvalue weighted by molar-refractivity contribution is -0.00862. The molecule has 0 aromatic carbocycles. The minimum atomic E-state index is -0.988. The highest BCUT2D eigenvalue weighted by molar-refractivity contribution is 5.60. The van der Waals surface area contributed by atoms with Crippen molar-refractivity contribution in [2.24, 2.45) is 5.73 Å². The minimum absolute atomic E-state index is 0.134. The Morgan fingerprint density at radius 2 is 2.27 bits per heavy atom. The average Bonchev–Trinajstić information content (AvgIpc) is 1.79. The van der Waals surface area contributed by atoms with E-state index >= 15 is 0 Å². The molecule has 0 atom stereocenters. The highest BCUT2D eigenvalue weighted by Crippen LogP contribution is 2.00. The lowest BCUT2D eigenvalue weighted by atomic mass is 10.3. The third-order valence-electron chi connectivity index (χ3n) is 0.665. The van der Waals surface area contributed by atoms with Crippen molar-refractivity contribution in [3.05, 3.63) is 12.7 Å². The molecule has 0 amide bonds. The van der Waals surface area contributed by atoms with Gasteiger partial charge in [-0.15, -0.1) is 0 Å². The van der Waals surface area contributed by atoms with E-state index in [1.807, 2.05) is 0 Å². The smallest absolute Gasteiger partial charge is 0.430 e. The second-order valence-corrected chi connectivity index (χ2v) is 2.56. The van der Waals surface area contributed by atoms with Gasteiger partial charge in [0.05, 0.1) is 0 Å². The predicted octanol–water partition coefficient (Wildman–Crippen LogP) is 1.02. The molecular formula is C7H13NO3. The molecule has 0 heterocycles. The molecule has 0 rings (SSSR count). The predicted molar refractivity (Wildman–Crippen MR) is 40.9 cm³/mol. The van der Waals surface area contributed by atoms with Gasteiger partial charge in [-0.05, 0) is 13.8 Å². The van der Waals surface area contributed by atoms with E-state index in [2.05, 4.69) is 16.1 Å². The standard InChI is InChI=1S/C7H13NO3/c1-4-5-10-6(9)11-7(2,3)8/h4H,1,5,8H2,2-3H3.